The first-order valence-corrected chi connectivity index (χ1v) is 7.14. The van der Waals surface area contributed by atoms with Gasteiger partial charge in [0.25, 0.3) is 0 Å². The Morgan fingerprint density at radius 2 is 2.05 bits per heavy atom. The second kappa shape index (κ2) is 7.48. The molecule has 1 aromatic rings. The lowest BCUT2D eigenvalue weighted by Crippen LogP contribution is -2.45. The van der Waals surface area contributed by atoms with Crippen LogP contribution in [0.5, 0.6) is 5.75 Å². The van der Waals surface area contributed by atoms with Crippen molar-refractivity contribution in [1.82, 2.24) is 10.2 Å². The summed E-state index contributed by atoms with van der Waals surface area (Å²) in [7, 11) is 0. The molecule has 1 aliphatic rings. The van der Waals surface area contributed by atoms with Crippen molar-refractivity contribution in [3.05, 3.63) is 29.8 Å². The zero-order valence-electron chi connectivity index (χ0n) is 11.6. The van der Waals surface area contributed by atoms with E-state index in [9.17, 15) is 5.11 Å². The van der Waals surface area contributed by atoms with Crippen LogP contribution in [-0.4, -0.2) is 49.4 Å². The third-order valence-electron chi connectivity index (χ3n) is 3.57. The predicted octanol–water partition coefficient (Wildman–Crippen LogP) is 1.41. The van der Waals surface area contributed by atoms with Gasteiger partial charge in [-0.3, -0.25) is 4.90 Å². The van der Waals surface area contributed by atoms with Gasteiger partial charge in [0.1, 0.15) is 5.75 Å². The van der Waals surface area contributed by atoms with E-state index in [0.717, 1.165) is 38.3 Å². The van der Waals surface area contributed by atoms with E-state index in [1.165, 1.54) is 5.56 Å². The summed E-state index contributed by atoms with van der Waals surface area (Å²) in [6, 6.07) is 8.43. The van der Waals surface area contributed by atoms with Gasteiger partial charge in [0.2, 0.25) is 0 Å². The number of hydrogen-bond donors (Lipinski definition) is 2. The van der Waals surface area contributed by atoms with Crippen molar-refractivity contribution >= 4 is 0 Å². The van der Waals surface area contributed by atoms with Crippen molar-refractivity contribution in [2.24, 2.45) is 0 Å². The molecular formula is C15H24N2O2. The molecule has 4 heteroatoms. The summed E-state index contributed by atoms with van der Waals surface area (Å²) in [6.07, 6.45) is 0.754. The van der Waals surface area contributed by atoms with E-state index >= 15 is 0 Å². The average Bonchev–Trinajstić information content (AvgIpc) is 2.47. The number of nitrogens with one attached hydrogen (secondary N) is 1. The molecule has 4 nitrogen and oxygen atoms in total. The van der Waals surface area contributed by atoms with Crippen LogP contribution in [0.15, 0.2) is 24.3 Å². The molecule has 0 aromatic heterocycles. The standard InChI is InChI=1S/C15H24N2O2/c1-2-19-15-6-4-3-5-13(15)14(7-12-18)17-10-8-16-9-11-17/h3-6,14,16,18H,2,7-12H2,1H3/t14-/m1/s1. The quantitative estimate of drug-likeness (QED) is 0.815. The lowest BCUT2D eigenvalue weighted by molar-refractivity contribution is 0.138. The Kier molecular flexibility index (Phi) is 5.63. The number of hydrogen-bond acceptors (Lipinski definition) is 4. The fourth-order valence-corrected chi connectivity index (χ4v) is 2.69. The summed E-state index contributed by atoms with van der Waals surface area (Å²) in [5.74, 6) is 0.946. The minimum absolute atomic E-state index is 0.203. The maximum absolute atomic E-state index is 9.37. The number of aliphatic hydroxyl groups is 1. The first kappa shape index (κ1) is 14.3. The molecule has 19 heavy (non-hydrogen) atoms. The van der Waals surface area contributed by atoms with Gasteiger partial charge in [-0.25, -0.2) is 0 Å². The summed E-state index contributed by atoms with van der Waals surface area (Å²) >= 11 is 0. The third kappa shape index (κ3) is 3.69. The fraction of sp³-hybridized carbons (Fsp3) is 0.600. The summed E-state index contributed by atoms with van der Waals surface area (Å²) in [6.45, 7) is 6.94. The second-order valence-corrected chi connectivity index (χ2v) is 4.78. The zero-order valence-corrected chi connectivity index (χ0v) is 11.6. The van der Waals surface area contributed by atoms with Crippen LogP contribution < -0.4 is 10.1 Å². The van der Waals surface area contributed by atoms with Gasteiger partial charge in [-0.05, 0) is 19.4 Å². The van der Waals surface area contributed by atoms with E-state index in [1.807, 2.05) is 25.1 Å². The Morgan fingerprint density at radius 1 is 1.32 bits per heavy atom. The molecule has 1 fully saturated rings. The molecule has 0 spiro atoms. The number of aliphatic hydroxyl groups excluding tert-OH is 1. The summed E-state index contributed by atoms with van der Waals surface area (Å²) in [5.41, 5.74) is 1.19. The Labute approximate surface area is 115 Å². The fourth-order valence-electron chi connectivity index (χ4n) is 2.69. The highest BCUT2D eigenvalue weighted by molar-refractivity contribution is 5.36. The van der Waals surface area contributed by atoms with E-state index in [4.69, 9.17) is 4.74 Å². The monoisotopic (exact) mass is 264 g/mol. The largest absolute Gasteiger partial charge is 0.494 e. The highest BCUT2D eigenvalue weighted by Crippen LogP contribution is 2.31. The van der Waals surface area contributed by atoms with Gasteiger partial charge in [-0.15, -0.1) is 0 Å². The van der Waals surface area contributed by atoms with E-state index in [1.54, 1.807) is 0 Å². The highest BCUT2D eigenvalue weighted by Gasteiger charge is 2.24. The van der Waals surface area contributed by atoms with Crippen LogP contribution in [0.3, 0.4) is 0 Å². The molecule has 2 rings (SSSR count). The van der Waals surface area contributed by atoms with E-state index in [2.05, 4.69) is 16.3 Å². The van der Waals surface area contributed by atoms with Gasteiger partial charge in [0.15, 0.2) is 0 Å². The predicted molar refractivity (Wildman–Crippen MR) is 76.5 cm³/mol. The van der Waals surface area contributed by atoms with E-state index < -0.39 is 0 Å². The molecular weight excluding hydrogens is 240 g/mol. The van der Waals surface area contributed by atoms with Gasteiger partial charge in [0, 0.05) is 44.4 Å². The molecule has 1 atom stereocenters. The van der Waals surface area contributed by atoms with Crippen molar-refractivity contribution in [3.8, 4) is 5.75 Å². The first-order valence-electron chi connectivity index (χ1n) is 7.14. The van der Waals surface area contributed by atoms with Crippen molar-refractivity contribution in [2.45, 2.75) is 19.4 Å². The molecule has 0 bridgehead atoms. The Balaban J connectivity index is 2.21. The normalized spacial score (nSPS) is 18.2. The molecule has 0 aliphatic carbocycles. The van der Waals surface area contributed by atoms with Gasteiger partial charge < -0.3 is 15.2 Å². The van der Waals surface area contributed by atoms with Gasteiger partial charge in [-0.2, -0.15) is 0 Å². The number of para-hydroxylation sites is 1. The van der Waals surface area contributed by atoms with Crippen molar-refractivity contribution < 1.29 is 9.84 Å². The number of nitrogens with zero attached hydrogens (tertiary/aromatic N) is 1. The molecule has 0 unspecified atom stereocenters. The van der Waals surface area contributed by atoms with Gasteiger partial charge in [-0.1, -0.05) is 18.2 Å². The Morgan fingerprint density at radius 3 is 2.74 bits per heavy atom. The molecule has 0 saturated carbocycles. The number of benzene rings is 1. The SMILES string of the molecule is CCOc1ccccc1[C@@H](CCO)N1CCNCC1. The van der Waals surface area contributed by atoms with Crippen molar-refractivity contribution in [2.75, 3.05) is 39.4 Å². The average molecular weight is 264 g/mol. The first-order chi connectivity index (χ1) is 9.36. The number of ether oxygens (including phenoxy) is 1. The molecule has 1 saturated heterocycles. The molecule has 2 N–H and O–H groups in total. The zero-order chi connectivity index (χ0) is 13.5. The Bertz CT molecular complexity index is 378. The summed E-state index contributed by atoms with van der Waals surface area (Å²) < 4.78 is 5.73. The lowest BCUT2D eigenvalue weighted by Gasteiger charge is -2.35. The van der Waals surface area contributed by atoms with Crippen LogP contribution in [0.4, 0.5) is 0 Å². The van der Waals surface area contributed by atoms with E-state index in [-0.39, 0.29) is 12.6 Å². The molecule has 0 amide bonds. The maximum atomic E-state index is 9.37. The lowest BCUT2D eigenvalue weighted by atomic mass is 10.0. The van der Waals surface area contributed by atoms with Crippen molar-refractivity contribution in [3.63, 3.8) is 0 Å². The minimum Gasteiger partial charge on any atom is -0.494 e. The molecule has 1 aliphatic heterocycles. The van der Waals surface area contributed by atoms with Crippen LogP contribution in [0, 0.1) is 0 Å². The molecule has 0 radical (unpaired) electrons. The van der Waals surface area contributed by atoms with Crippen LogP contribution in [0.1, 0.15) is 24.9 Å². The number of rotatable bonds is 6. The van der Waals surface area contributed by atoms with Crippen LogP contribution in [0.25, 0.3) is 0 Å². The molecule has 106 valence electrons. The number of piperazine rings is 1. The highest BCUT2D eigenvalue weighted by atomic mass is 16.5. The van der Waals surface area contributed by atoms with Crippen molar-refractivity contribution in [1.29, 1.82) is 0 Å². The Hall–Kier alpha value is -1.10. The maximum Gasteiger partial charge on any atom is 0.124 e. The second-order valence-electron chi connectivity index (χ2n) is 4.78. The minimum atomic E-state index is 0.203. The van der Waals surface area contributed by atoms with Gasteiger partial charge >= 0.3 is 0 Å². The topological polar surface area (TPSA) is 44.7 Å². The van der Waals surface area contributed by atoms with E-state index in [0.29, 0.717) is 6.61 Å². The smallest absolute Gasteiger partial charge is 0.124 e. The van der Waals surface area contributed by atoms with Crippen LogP contribution in [-0.2, 0) is 0 Å². The summed E-state index contributed by atoms with van der Waals surface area (Å²) in [5, 5.41) is 12.7. The molecule has 1 aromatic carbocycles. The molecule has 1 heterocycles. The van der Waals surface area contributed by atoms with Crippen LogP contribution >= 0.6 is 0 Å². The summed E-state index contributed by atoms with van der Waals surface area (Å²) in [4.78, 5) is 2.44. The van der Waals surface area contributed by atoms with Crippen LogP contribution in [0.2, 0.25) is 0 Å². The van der Waals surface area contributed by atoms with Gasteiger partial charge in [0.05, 0.1) is 6.61 Å². The third-order valence-corrected chi connectivity index (χ3v) is 3.57.